The topological polar surface area (TPSA) is 50.9 Å². The van der Waals surface area contributed by atoms with Gasteiger partial charge < -0.3 is 0 Å². The van der Waals surface area contributed by atoms with Gasteiger partial charge in [-0.25, -0.2) is 0 Å². The van der Waals surface area contributed by atoms with Crippen LogP contribution in [0.2, 0.25) is 0 Å². The molecule has 2 rings (SSSR count). The van der Waals surface area contributed by atoms with Gasteiger partial charge in [-0.05, 0) is 24.1 Å². The van der Waals surface area contributed by atoms with E-state index in [-0.39, 0.29) is 6.04 Å². The van der Waals surface area contributed by atoms with Crippen LogP contribution in [0.1, 0.15) is 37.8 Å². The fourth-order valence-corrected chi connectivity index (χ4v) is 2.17. The minimum atomic E-state index is 0.211. The first-order valence-corrected chi connectivity index (χ1v) is 6.16. The number of rotatable bonds is 5. The van der Waals surface area contributed by atoms with Crippen LogP contribution in [0.3, 0.4) is 0 Å². The van der Waals surface area contributed by atoms with Gasteiger partial charge in [-0.1, -0.05) is 38.0 Å². The molecule has 0 radical (unpaired) electrons. The number of aromatic nitrogens is 1. The van der Waals surface area contributed by atoms with E-state index >= 15 is 0 Å². The van der Waals surface area contributed by atoms with Gasteiger partial charge in [0, 0.05) is 17.6 Å². The quantitative estimate of drug-likeness (QED) is 0.612. The highest BCUT2D eigenvalue weighted by Crippen LogP contribution is 2.25. The molecule has 2 aromatic rings. The summed E-state index contributed by atoms with van der Waals surface area (Å²) in [5.41, 5.74) is 5.19. The Morgan fingerprint density at radius 3 is 2.94 bits per heavy atom. The van der Waals surface area contributed by atoms with Crippen LogP contribution in [0.4, 0.5) is 0 Å². The van der Waals surface area contributed by atoms with Crippen LogP contribution >= 0.6 is 0 Å². The summed E-state index contributed by atoms with van der Waals surface area (Å²) in [5.74, 6) is 5.67. The summed E-state index contributed by atoms with van der Waals surface area (Å²) in [4.78, 5) is 4.37. The summed E-state index contributed by atoms with van der Waals surface area (Å²) in [6, 6.07) is 10.5. The first kappa shape index (κ1) is 12.0. The third-order valence-corrected chi connectivity index (χ3v) is 3.10. The predicted octanol–water partition coefficient (Wildman–Crippen LogP) is 2.93. The van der Waals surface area contributed by atoms with Crippen LogP contribution in [0, 0.1) is 0 Å². The molecule has 0 aliphatic rings. The molecule has 1 aromatic heterocycles. The zero-order valence-electron chi connectivity index (χ0n) is 10.2. The van der Waals surface area contributed by atoms with E-state index in [0.29, 0.717) is 0 Å². The number of nitrogens with one attached hydrogen (secondary N) is 1. The predicted molar refractivity (Wildman–Crippen MR) is 71.3 cm³/mol. The summed E-state index contributed by atoms with van der Waals surface area (Å²) < 4.78 is 0. The van der Waals surface area contributed by atoms with Gasteiger partial charge in [0.15, 0.2) is 0 Å². The van der Waals surface area contributed by atoms with E-state index < -0.39 is 0 Å². The van der Waals surface area contributed by atoms with Crippen LogP contribution < -0.4 is 11.3 Å². The Bertz CT molecular complexity index is 476. The lowest BCUT2D eigenvalue weighted by atomic mass is 9.97. The molecule has 90 valence electrons. The zero-order valence-corrected chi connectivity index (χ0v) is 10.2. The van der Waals surface area contributed by atoms with E-state index in [9.17, 15) is 0 Å². The van der Waals surface area contributed by atoms with Crippen molar-refractivity contribution in [1.29, 1.82) is 0 Å². The van der Waals surface area contributed by atoms with E-state index in [1.54, 1.807) is 0 Å². The molecular weight excluding hydrogens is 210 g/mol. The normalized spacial score (nSPS) is 12.8. The number of nitrogens with zero attached hydrogens (tertiary/aromatic N) is 1. The van der Waals surface area contributed by atoms with Crippen molar-refractivity contribution in [2.45, 2.75) is 32.2 Å². The van der Waals surface area contributed by atoms with Crippen LogP contribution in [-0.4, -0.2) is 4.98 Å². The van der Waals surface area contributed by atoms with Crippen molar-refractivity contribution in [3.63, 3.8) is 0 Å². The second kappa shape index (κ2) is 5.75. The Balaban J connectivity index is 2.38. The summed E-state index contributed by atoms with van der Waals surface area (Å²) in [6.07, 6.45) is 5.23. The molecular formula is C14H19N3. The Hall–Kier alpha value is -1.45. The van der Waals surface area contributed by atoms with Gasteiger partial charge in [0.25, 0.3) is 0 Å². The van der Waals surface area contributed by atoms with E-state index in [2.05, 4.69) is 29.5 Å². The molecule has 1 atom stereocenters. The number of hydrazine groups is 1. The molecule has 3 N–H and O–H groups in total. The summed E-state index contributed by atoms with van der Waals surface area (Å²) in [7, 11) is 0. The lowest BCUT2D eigenvalue weighted by molar-refractivity contribution is 0.498. The number of benzene rings is 1. The minimum Gasteiger partial charge on any atom is -0.271 e. The Kier molecular flexibility index (Phi) is 4.07. The van der Waals surface area contributed by atoms with Crippen LogP contribution in [-0.2, 0) is 0 Å². The van der Waals surface area contributed by atoms with Crippen molar-refractivity contribution in [2.75, 3.05) is 0 Å². The second-order valence-electron chi connectivity index (χ2n) is 4.28. The highest BCUT2D eigenvalue weighted by Gasteiger charge is 2.12. The van der Waals surface area contributed by atoms with E-state index in [4.69, 9.17) is 5.84 Å². The Labute approximate surface area is 102 Å². The molecule has 1 heterocycles. The number of hydrogen-bond acceptors (Lipinski definition) is 3. The maximum atomic E-state index is 5.67. The van der Waals surface area contributed by atoms with Crippen molar-refractivity contribution >= 4 is 10.9 Å². The molecule has 0 aliphatic heterocycles. The molecule has 3 heteroatoms. The molecule has 1 aromatic carbocycles. The van der Waals surface area contributed by atoms with E-state index in [1.807, 2.05) is 24.4 Å². The molecule has 0 bridgehead atoms. The lowest BCUT2D eigenvalue weighted by Gasteiger charge is -2.17. The average Bonchev–Trinajstić information content (AvgIpc) is 2.40. The third kappa shape index (κ3) is 2.62. The molecule has 0 amide bonds. The molecule has 0 spiro atoms. The third-order valence-electron chi connectivity index (χ3n) is 3.10. The van der Waals surface area contributed by atoms with Gasteiger partial charge in [-0.2, -0.15) is 0 Å². The standard InChI is InChI=1S/C14H19N3/c1-2-3-8-14(17-15)12-6-4-9-13-11(12)7-5-10-16-13/h4-7,9-10,14,17H,2-3,8,15H2,1H3. The molecule has 17 heavy (non-hydrogen) atoms. The SMILES string of the molecule is CCCCC(NN)c1cccc2ncccc12. The first-order chi connectivity index (χ1) is 8.36. The fourth-order valence-electron chi connectivity index (χ4n) is 2.17. The molecule has 0 fully saturated rings. The van der Waals surface area contributed by atoms with E-state index in [0.717, 1.165) is 11.9 Å². The summed E-state index contributed by atoms with van der Waals surface area (Å²) >= 11 is 0. The van der Waals surface area contributed by atoms with Gasteiger partial charge in [0.1, 0.15) is 0 Å². The largest absolute Gasteiger partial charge is 0.271 e. The van der Waals surface area contributed by atoms with Crippen molar-refractivity contribution in [1.82, 2.24) is 10.4 Å². The van der Waals surface area contributed by atoms with Gasteiger partial charge in [0.05, 0.1) is 5.52 Å². The second-order valence-corrected chi connectivity index (χ2v) is 4.28. The number of fused-ring (bicyclic) bond motifs is 1. The monoisotopic (exact) mass is 229 g/mol. The van der Waals surface area contributed by atoms with Crippen molar-refractivity contribution in [3.8, 4) is 0 Å². The first-order valence-electron chi connectivity index (χ1n) is 6.16. The van der Waals surface area contributed by atoms with Gasteiger partial charge in [-0.3, -0.25) is 16.3 Å². The van der Waals surface area contributed by atoms with Crippen LogP contribution in [0.5, 0.6) is 0 Å². The summed E-state index contributed by atoms with van der Waals surface area (Å²) in [6.45, 7) is 2.19. The highest BCUT2D eigenvalue weighted by molar-refractivity contribution is 5.82. The van der Waals surface area contributed by atoms with Crippen LogP contribution in [0.15, 0.2) is 36.5 Å². The van der Waals surface area contributed by atoms with Crippen molar-refractivity contribution in [2.24, 2.45) is 5.84 Å². The fraction of sp³-hybridized carbons (Fsp3) is 0.357. The zero-order chi connectivity index (χ0) is 12.1. The number of hydrogen-bond donors (Lipinski definition) is 2. The van der Waals surface area contributed by atoms with E-state index in [1.165, 1.54) is 23.8 Å². The maximum Gasteiger partial charge on any atom is 0.0705 e. The number of nitrogens with two attached hydrogens (primary N) is 1. The average molecular weight is 229 g/mol. The van der Waals surface area contributed by atoms with Gasteiger partial charge in [0.2, 0.25) is 0 Å². The molecule has 0 saturated carbocycles. The Morgan fingerprint density at radius 2 is 2.18 bits per heavy atom. The van der Waals surface area contributed by atoms with Crippen LogP contribution in [0.25, 0.3) is 10.9 Å². The highest BCUT2D eigenvalue weighted by atomic mass is 15.2. The minimum absolute atomic E-state index is 0.211. The maximum absolute atomic E-state index is 5.67. The van der Waals surface area contributed by atoms with Crippen molar-refractivity contribution < 1.29 is 0 Å². The molecule has 0 aliphatic carbocycles. The van der Waals surface area contributed by atoms with Crippen molar-refractivity contribution in [3.05, 3.63) is 42.1 Å². The smallest absolute Gasteiger partial charge is 0.0705 e. The number of unbranched alkanes of at least 4 members (excludes halogenated alkanes) is 1. The van der Waals surface area contributed by atoms with Gasteiger partial charge in [-0.15, -0.1) is 0 Å². The molecule has 1 unspecified atom stereocenters. The molecule has 0 saturated heterocycles. The summed E-state index contributed by atoms with van der Waals surface area (Å²) in [5, 5.41) is 1.19. The van der Waals surface area contributed by atoms with Gasteiger partial charge >= 0.3 is 0 Å². The lowest BCUT2D eigenvalue weighted by Crippen LogP contribution is -2.28. The number of pyridine rings is 1. The molecule has 3 nitrogen and oxygen atoms in total. The Morgan fingerprint density at radius 1 is 1.29 bits per heavy atom.